The molecule has 2 aromatic rings. The first kappa shape index (κ1) is 18.9. The number of anilines is 1. The van der Waals surface area contributed by atoms with Crippen molar-refractivity contribution in [2.45, 2.75) is 0 Å². The fourth-order valence-corrected chi connectivity index (χ4v) is 2.92. The molecule has 1 saturated heterocycles. The van der Waals surface area contributed by atoms with E-state index in [-0.39, 0.29) is 11.6 Å². The van der Waals surface area contributed by atoms with Crippen molar-refractivity contribution in [3.05, 3.63) is 53.6 Å². The van der Waals surface area contributed by atoms with Gasteiger partial charge in [-0.2, -0.15) is 0 Å². The fourth-order valence-electron chi connectivity index (χ4n) is 2.79. The third-order valence-corrected chi connectivity index (χ3v) is 4.51. The van der Waals surface area contributed by atoms with Crippen molar-refractivity contribution < 1.29 is 4.79 Å². The zero-order valence-corrected chi connectivity index (χ0v) is 15.6. The summed E-state index contributed by atoms with van der Waals surface area (Å²) in [6, 6.07) is 7.84. The van der Waals surface area contributed by atoms with Crippen molar-refractivity contribution in [1.29, 1.82) is 0 Å². The number of halogens is 1. The molecule has 3 N–H and O–H groups in total. The van der Waals surface area contributed by atoms with E-state index >= 15 is 0 Å². The van der Waals surface area contributed by atoms with Crippen LogP contribution in [0.5, 0.6) is 0 Å². The number of hydrogen-bond donors (Lipinski definition) is 2. The van der Waals surface area contributed by atoms with E-state index in [9.17, 15) is 4.79 Å². The molecule has 1 fully saturated rings. The fraction of sp³-hybridized carbons (Fsp3) is 0.333. The first-order valence-corrected chi connectivity index (χ1v) is 9.11. The van der Waals surface area contributed by atoms with Crippen molar-refractivity contribution in [3.63, 3.8) is 0 Å². The number of aromatic nitrogens is 2. The molecule has 8 nitrogen and oxygen atoms in total. The molecular weight excluding hydrogens is 366 g/mol. The molecule has 9 heteroatoms. The Balaban J connectivity index is 1.41. The number of nitrogens with one attached hydrogen (secondary N) is 1. The topological polar surface area (TPSA) is 99.7 Å². The summed E-state index contributed by atoms with van der Waals surface area (Å²) >= 11 is 5.94. The summed E-state index contributed by atoms with van der Waals surface area (Å²) in [5, 5.41) is 3.48. The third-order valence-electron chi connectivity index (χ3n) is 4.26. The lowest BCUT2D eigenvalue weighted by atomic mass is 10.2. The van der Waals surface area contributed by atoms with Crippen LogP contribution in [0.4, 0.5) is 5.69 Å². The molecule has 1 aliphatic rings. The Hall–Kier alpha value is -2.87. The Morgan fingerprint density at radius 2 is 1.93 bits per heavy atom. The molecule has 0 radical (unpaired) electrons. The van der Waals surface area contributed by atoms with Crippen LogP contribution in [0.3, 0.4) is 0 Å². The molecule has 1 aromatic heterocycles. The van der Waals surface area contributed by atoms with Gasteiger partial charge >= 0.3 is 0 Å². The summed E-state index contributed by atoms with van der Waals surface area (Å²) < 4.78 is 0. The third kappa shape index (κ3) is 5.30. The molecular formula is C18H22ClN7O. The maximum Gasteiger partial charge on any atom is 0.271 e. The number of carbonyl (C=O) groups excluding carboxylic acids is 1. The molecule has 0 unspecified atom stereocenters. The van der Waals surface area contributed by atoms with Gasteiger partial charge in [0.1, 0.15) is 5.69 Å². The first-order chi connectivity index (χ1) is 13.1. The molecule has 1 aromatic carbocycles. The van der Waals surface area contributed by atoms with Crippen LogP contribution in [0.1, 0.15) is 10.5 Å². The van der Waals surface area contributed by atoms with Crippen LogP contribution in [-0.2, 0) is 0 Å². The number of aliphatic imine (C=N–C) groups is 1. The van der Waals surface area contributed by atoms with E-state index in [0.717, 1.165) is 36.9 Å². The second-order valence-electron chi connectivity index (χ2n) is 6.04. The number of rotatable bonds is 5. The minimum absolute atomic E-state index is 0.270. The molecule has 1 amide bonds. The van der Waals surface area contributed by atoms with E-state index < -0.39 is 0 Å². The van der Waals surface area contributed by atoms with Gasteiger partial charge in [-0.05, 0) is 24.3 Å². The van der Waals surface area contributed by atoms with Gasteiger partial charge in [0.25, 0.3) is 5.91 Å². The molecule has 142 valence electrons. The van der Waals surface area contributed by atoms with Gasteiger partial charge in [0.15, 0.2) is 5.96 Å². The highest BCUT2D eigenvalue weighted by Gasteiger charge is 2.18. The number of guanidine groups is 1. The molecule has 0 aliphatic carbocycles. The van der Waals surface area contributed by atoms with Gasteiger partial charge in [0.2, 0.25) is 0 Å². The van der Waals surface area contributed by atoms with Crippen LogP contribution in [0.15, 0.2) is 47.8 Å². The van der Waals surface area contributed by atoms with Gasteiger partial charge in [-0.3, -0.25) is 14.8 Å². The van der Waals surface area contributed by atoms with Gasteiger partial charge in [0.05, 0.1) is 12.7 Å². The summed E-state index contributed by atoms with van der Waals surface area (Å²) in [5.74, 6) is 0.230. The summed E-state index contributed by atoms with van der Waals surface area (Å²) in [4.78, 5) is 28.4. The van der Waals surface area contributed by atoms with Gasteiger partial charge in [-0.15, -0.1) is 0 Å². The standard InChI is InChI=1S/C18H22ClN7O/c19-14-1-3-15(4-2-14)25-9-11-26(12-10-25)18(20)24-8-7-23-17(27)16-13-21-5-6-22-16/h1-6,13H,7-12H2,(H2,20,24)(H,23,27). The predicted molar refractivity (Wildman–Crippen MR) is 106 cm³/mol. The highest BCUT2D eigenvalue weighted by Crippen LogP contribution is 2.19. The average Bonchev–Trinajstić information content (AvgIpc) is 2.72. The van der Waals surface area contributed by atoms with Crippen LogP contribution < -0.4 is 16.0 Å². The minimum atomic E-state index is -0.270. The summed E-state index contributed by atoms with van der Waals surface area (Å²) in [5.41, 5.74) is 7.52. The normalized spacial score (nSPS) is 14.9. The van der Waals surface area contributed by atoms with E-state index in [1.165, 1.54) is 18.6 Å². The lowest BCUT2D eigenvalue weighted by Gasteiger charge is -2.36. The molecule has 27 heavy (non-hydrogen) atoms. The molecule has 0 spiro atoms. The van der Waals surface area contributed by atoms with E-state index in [1.807, 2.05) is 24.3 Å². The summed E-state index contributed by atoms with van der Waals surface area (Å²) in [6.45, 7) is 4.12. The zero-order valence-electron chi connectivity index (χ0n) is 14.9. The monoisotopic (exact) mass is 387 g/mol. The molecule has 0 saturated carbocycles. The number of hydrogen-bond acceptors (Lipinski definition) is 5. The quantitative estimate of drug-likeness (QED) is 0.451. The second kappa shape index (κ2) is 9.18. The number of carbonyl (C=O) groups is 1. The van der Waals surface area contributed by atoms with Crippen molar-refractivity contribution >= 4 is 29.2 Å². The lowest BCUT2D eigenvalue weighted by molar-refractivity contribution is 0.0949. The second-order valence-corrected chi connectivity index (χ2v) is 6.47. The largest absolute Gasteiger partial charge is 0.370 e. The van der Waals surface area contributed by atoms with E-state index in [4.69, 9.17) is 17.3 Å². The number of benzene rings is 1. The highest BCUT2D eigenvalue weighted by molar-refractivity contribution is 6.30. The van der Waals surface area contributed by atoms with E-state index in [2.05, 4.69) is 30.1 Å². The van der Waals surface area contributed by atoms with E-state index in [0.29, 0.717) is 19.0 Å². The number of nitrogens with zero attached hydrogens (tertiary/aromatic N) is 5. The van der Waals surface area contributed by atoms with Crippen LogP contribution in [0.25, 0.3) is 0 Å². The Morgan fingerprint density at radius 3 is 2.59 bits per heavy atom. The highest BCUT2D eigenvalue weighted by atomic mass is 35.5. The van der Waals surface area contributed by atoms with Crippen LogP contribution in [0.2, 0.25) is 5.02 Å². The van der Waals surface area contributed by atoms with Gasteiger partial charge in [-0.1, -0.05) is 11.6 Å². The number of piperazine rings is 1. The van der Waals surface area contributed by atoms with Gasteiger partial charge in [-0.25, -0.2) is 4.98 Å². The van der Waals surface area contributed by atoms with Crippen molar-refractivity contribution in [2.75, 3.05) is 44.2 Å². The van der Waals surface area contributed by atoms with Gasteiger partial charge in [0, 0.05) is 55.8 Å². The molecule has 3 rings (SSSR count). The van der Waals surface area contributed by atoms with E-state index in [1.54, 1.807) is 0 Å². The Kier molecular flexibility index (Phi) is 6.43. The zero-order chi connectivity index (χ0) is 19.1. The van der Waals surface area contributed by atoms with Crippen LogP contribution in [0, 0.1) is 0 Å². The summed E-state index contributed by atoms with van der Waals surface area (Å²) in [6.07, 6.45) is 4.43. The molecule has 0 bridgehead atoms. The Labute approximate surface area is 163 Å². The maximum atomic E-state index is 11.9. The number of nitrogens with two attached hydrogens (primary N) is 1. The number of amides is 1. The smallest absolute Gasteiger partial charge is 0.271 e. The van der Waals surface area contributed by atoms with Crippen molar-refractivity contribution in [1.82, 2.24) is 20.2 Å². The van der Waals surface area contributed by atoms with Crippen LogP contribution in [-0.4, -0.2) is 66.0 Å². The first-order valence-electron chi connectivity index (χ1n) is 8.73. The average molecular weight is 388 g/mol. The molecule has 2 heterocycles. The maximum absolute atomic E-state index is 11.9. The minimum Gasteiger partial charge on any atom is -0.370 e. The van der Waals surface area contributed by atoms with Crippen molar-refractivity contribution in [2.24, 2.45) is 10.7 Å². The Morgan fingerprint density at radius 1 is 1.19 bits per heavy atom. The van der Waals surface area contributed by atoms with Crippen LogP contribution >= 0.6 is 11.6 Å². The molecule has 1 aliphatic heterocycles. The predicted octanol–water partition coefficient (Wildman–Crippen LogP) is 0.997. The molecule has 0 atom stereocenters. The lowest BCUT2D eigenvalue weighted by Crippen LogP contribution is -2.51. The SMILES string of the molecule is NC(=NCCNC(=O)c1cnccn1)N1CCN(c2ccc(Cl)cc2)CC1. The van der Waals surface area contributed by atoms with Crippen molar-refractivity contribution in [3.8, 4) is 0 Å². The summed E-state index contributed by atoms with van der Waals surface area (Å²) in [7, 11) is 0. The Bertz CT molecular complexity index is 774. The van der Waals surface area contributed by atoms with Gasteiger partial charge < -0.3 is 20.9 Å².